The van der Waals surface area contributed by atoms with Crippen LogP contribution in [0.3, 0.4) is 0 Å². The van der Waals surface area contributed by atoms with Crippen LogP contribution in [-0.2, 0) is 19.4 Å². The Labute approximate surface area is 178 Å². The predicted octanol–water partition coefficient (Wildman–Crippen LogP) is 3.25. The van der Waals surface area contributed by atoms with Crippen LogP contribution in [0.15, 0.2) is 48.5 Å². The topological polar surface area (TPSA) is 78.1 Å². The molecule has 8 heteroatoms. The summed E-state index contributed by atoms with van der Waals surface area (Å²) in [5, 5.41) is 9.90. The van der Waals surface area contributed by atoms with Gasteiger partial charge in [-0.15, -0.1) is 0 Å². The molecule has 6 nitrogen and oxygen atoms in total. The molecule has 0 atom stereocenters. The summed E-state index contributed by atoms with van der Waals surface area (Å²) in [5.74, 6) is -2.78. The number of aromatic amines is 1. The summed E-state index contributed by atoms with van der Waals surface area (Å²) in [6.45, 7) is 1.08. The Morgan fingerprint density at radius 2 is 1.90 bits per heavy atom. The summed E-state index contributed by atoms with van der Waals surface area (Å²) in [7, 11) is 0. The highest BCUT2D eigenvalue weighted by Crippen LogP contribution is 2.22. The van der Waals surface area contributed by atoms with Crippen molar-refractivity contribution in [3.05, 3.63) is 88.2 Å². The molecule has 2 aromatic carbocycles. The molecule has 4 rings (SSSR count). The first-order valence-corrected chi connectivity index (χ1v) is 10.2. The maximum atomic E-state index is 13.5. The Kier molecular flexibility index (Phi) is 6.06. The van der Waals surface area contributed by atoms with Gasteiger partial charge in [0.25, 0.3) is 11.8 Å². The summed E-state index contributed by atoms with van der Waals surface area (Å²) in [5.41, 5.74) is 3.00. The van der Waals surface area contributed by atoms with E-state index in [-0.39, 0.29) is 23.7 Å². The van der Waals surface area contributed by atoms with Crippen molar-refractivity contribution < 1.29 is 18.4 Å². The Morgan fingerprint density at radius 1 is 1.10 bits per heavy atom. The first-order valence-electron chi connectivity index (χ1n) is 10.2. The largest absolute Gasteiger partial charge is 0.351 e. The van der Waals surface area contributed by atoms with Crippen molar-refractivity contribution in [2.24, 2.45) is 0 Å². The van der Waals surface area contributed by atoms with Gasteiger partial charge in [-0.2, -0.15) is 5.10 Å². The molecule has 160 valence electrons. The molecule has 31 heavy (non-hydrogen) atoms. The van der Waals surface area contributed by atoms with Gasteiger partial charge in [0, 0.05) is 36.3 Å². The predicted molar refractivity (Wildman–Crippen MR) is 110 cm³/mol. The molecule has 3 aromatic rings. The Bertz CT molecular complexity index is 1100. The molecule has 2 amide bonds. The molecule has 2 N–H and O–H groups in total. The van der Waals surface area contributed by atoms with Gasteiger partial charge in [-0.1, -0.05) is 30.3 Å². The molecule has 0 radical (unpaired) electrons. The van der Waals surface area contributed by atoms with E-state index in [1.165, 1.54) is 16.5 Å². The van der Waals surface area contributed by atoms with E-state index < -0.39 is 17.5 Å². The van der Waals surface area contributed by atoms with E-state index in [4.69, 9.17) is 0 Å². The number of halogens is 2. The van der Waals surface area contributed by atoms with Crippen LogP contribution in [0, 0.1) is 11.6 Å². The number of aryl methyl sites for hydroxylation is 1. The summed E-state index contributed by atoms with van der Waals surface area (Å²) in [4.78, 5) is 26.9. The van der Waals surface area contributed by atoms with Crippen LogP contribution in [0.1, 0.15) is 44.1 Å². The van der Waals surface area contributed by atoms with Gasteiger partial charge in [0.2, 0.25) is 0 Å². The minimum Gasteiger partial charge on any atom is -0.351 e. The summed E-state index contributed by atoms with van der Waals surface area (Å²) < 4.78 is 26.7. The molecular formula is C23H22F2N4O2. The van der Waals surface area contributed by atoms with E-state index in [1.807, 2.05) is 30.3 Å². The second kappa shape index (κ2) is 9.07. The fourth-order valence-corrected chi connectivity index (χ4v) is 3.69. The van der Waals surface area contributed by atoms with Crippen molar-refractivity contribution in [1.29, 1.82) is 0 Å². The monoisotopic (exact) mass is 424 g/mol. The van der Waals surface area contributed by atoms with Crippen LogP contribution in [0.25, 0.3) is 0 Å². The maximum Gasteiger partial charge on any atom is 0.272 e. The van der Waals surface area contributed by atoms with Gasteiger partial charge in [0.15, 0.2) is 17.3 Å². The van der Waals surface area contributed by atoms with E-state index in [2.05, 4.69) is 15.5 Å². The standard InChI is InChI=1S/C23H22F2N4O2/c24-18-9-8-16(13-19(18)25)23(31)29-12-10-20-17(14-29)21(28-27-20)22(30)26-11-4-7-15-5-2-1-3-6-15/h1-3,5-6,8-9,13H,4,7,10-12,14H2,(H,26,30)(H,27,28). The molecule has 0 fully saturated rings. The van der Waals surface area contributed by atoms with E-state index >= 15 is 0 Å². The summed E-state index contributed by atoms with van der Waals surface area (Å²) >= 11 is 0. The van der Waals surface area contributed by atoms with Crippen molar-refractivity contribution in [3.8, 4) is 0 Å². The molecule has 1 aliphatic heterocycles. The van der Waals surface area contributed by atoms with Crippen LogP contribution in [0.2, 0.25) is 0 Å². The van der Waals surface area contributed by atoms with Gasteiger partial charge < -0.3 is 10.2 Å². The van der Waals surface area contributed by atoms with Crippen molar-refractivity contribution in [1.82, 2.24) is 20.4 Å². The number of fused-ring (bicyclic) bond motifs is 1. The van der Waals surface area contributed by atoms with Crippen molar-refractivity contribution in [3.63, 3.8) is 0 Å². The summed E-state index contributed by atoms with van der Waals surface area (Å²) in [6, 6.07) is 13.1. The minimum absolute atomic E-state index is 0.0674. The van der Waals surface area contributed by atoms with Gasteiger partial charge in [-0.05, 0) is 36.6 Å². The fraction of sp³-hybridized carbons (Fsp3) is 0.261. The number of nitrogens with one attached hydrogen (secondary N) is 2. The average Bonchev–Trinajstić information content (AvgIpc) is 3.22. The third-order valence-corrected chi connectivity index (χ3v) is 5.37. The lowest BCUT2D eigenvalue weighted by Crippen LogP contribution is -2.37. The van der Waals surface area contributed by atoms with Crippen LogP contribution in [0.5, 0.6) is 0 Å². The van der Waals surface area contributed by atoms with Crippen LogP contribution in [0.4, 0.5) is 8.78 Å². The van der Waals surface area contributed by atoms with Gasteiger partial charge in [-0.25, -0.2) is 8.78 Å². The highest BCUT2D eigenvalue weighted by molar-refractivity contribution is 5.96. The van der Waals surface area contributed by atoms with Crippen molar-refractivity contribution >= 4 is 11.8 Å². The van der Waals surface area contributed by atoms with Crippen LogP contribution < -0.4 is 5.32 Å². The zero-order valence-electron chi connectivity index (χ0n) is 16.8. The molecule has 1 aromatic heterocycles. The van der Waals surface area contributed by atoms with Crippen molar-refractivity contribution in [2.75, 3.05) is 13.1 Å². The average molecular weight is 424 g/mol. The first kappa shape index (κ1) is 20.7. The van der Waals surface area contributed by atoms with Gasteiger partial charge in [0.1, 0.15) is 0 Å². The number of carbonyl (C=O) groups is 2. The minimum atomic E-state index is -1.07. The van der Waals surface area contributed by atoms with Crippen molar-refractivity contribution in [2.45, 2.75) is 25.8 Å². The third kappa shape index (κ3) is 4.63. The normalized spacial score (nSPS) is 13.0. The fourth-order valence-electron chi connectivity index (χ4n) is 3.69. The number of aromatic nitrogens is 2. The number of benzene rings is 2. The van der Waals surface area contributed by atoms with E-state index in [1.54, 1.807) is 0 Å². The molecule has 0 unspecified atom stereocenters. The highest BCUT2D eigenvalue weighted by Gasteiger charge is 2.28. The number of carbonyl (C=O) groups excluding carboxylic acids is 2. The Hall–Kier alpha value is -3.55. The number of amides is 2. The van der Waals surface area contributed by atoms with Gasteiger partial charge in [-0.3, -0.25) is 14.7 Å². The molecule has 1 aliphatic rings. The zero-order chi connectivity index (χ0) is 21.8. The highest BCUT2D eigenvalue weighted by atomic mass is 19.2. The first-order chi connectivity index (χ1) is 15.0. The molecule has 0 aliphatic carbocycles. The van der Waals surface area contributed by atoms with E-state index in [9.17, 15) is 18.4 Å². The molecular weight excluding hydrogens is 402 g/mol. The van der Waals surface area contributed by atoms with Gasteiger partial charge in [0.05, 0.1) is 6.54 Å². The molecule has 0 saturated heterocycles. The lowest BCUT2D eigenvalue weighted by molar-refractivity contribution is 0.0730. The van der Waals surface area contributed by atoms with E-state index in [0.717, 1.165) is 30.7 Å². The van der Waals surface area contributed by atoms with Gasteiger partial charge >= 0.3 is 0 Å². The SMILES string of the molecule is O=C(NCCCc1ccccc1)c1n[nH]c2c1CN(C(=O)c1ccc(F)c(F)c1)CC2. The van der Waals surface area contributed by atoms with E-state index in [0.29, 0.717) is 25.1 Å². The smallest absolute Gasteiger partial charge is 0.272 e. The van der Waals surface area contributed by atoms with Crippen LogP contribution >= 0.6 is 0 Å². The third-order valence-electron chi connectivity index (χ3n) is 5.37. The Morgan fingerprint density at radius 3 is 2.68 bits per heavy atom. The zero-order valence-corrected chi connectivity index (χ0v) is 16.8. The Balaban J connectivity index is 1.38. The second-order valence-electron chi connectivity index (χ2n) is 7.48. The number of rotatable bonds is 6. The van der Waals surface area contributed by atoms with Crippen LogP contribution in [-0.4, -0.2) is 40.0 Å². The summed E-state index contributed by atoms with van der Waals surface area (Å²) in [6.07, 6.45) is 2.15. The quantitative estimate of drug-likeness (QED) is 0.597. The lowest BCUT2D eigenvalue weighted by Gasteiger charge is -2.27. The number of hydrogen-bond donors (Lipinski definition) is 2. The molecule has 2 heterocycles. The second-order valence-corrected chi connectivity index (χ2v) is 7.48. The number of hydrogen-bond acceptors (Lipinski definition) is 3. The molecule has 0 bridgehead atoms. The molecule has 0 spiro atoms. The number of H-pyrrole nitrogens is 1. The molecule has 0 saturated carbocycles. The lowest BCUT2D eigenvalue weighted by atomic mass is 10.0. The maximum absolute atomic E-state index is 13.5. The number of nitrogens with zero attached hydrogens (tertiary/aromatic N) is 2.